The van der Waals surface area contributed by atoms with E-state index in [0.717, 1.165) is 36.1 Å². The van der Waals surface area contributed by atoms with Crippen molar-refractivity contribution < 1.29 is 19.0 Å². The van der Waals surface area contributed by atoms with Gasteiger partial charge < -0.3 is 19.7 Å². The van der Waals surface area contributed by atoms with Crippen LogP contribution in [0.25, 0.3) is 5.70 Å². The number of rotatable bonds is 2. The molecule has 1 aromatic heterocycles. The third kappa shape index (κ3) is 2.73. The zero-order valence-electron chi connectivity index (χ0n) is 18.8. The molecule has 3 unspecified atom stereocenters. The molecule has 1 aliphatic carbocycles. The normalized spacial score (nSPS) is 32.3. The molecule has 170 valence electrons. The van der Waals surface area contributed by atoms with Crippen molar-refractivity contribution in [2.24, 2.45) is 11.8 Å². The molecule has 0 amide bonds. The Morgan fingerprint density at radius 1 is 1.44 bits per heavy atom. The molecule has 0 spiro atoms. The number of aromatic nitrogens is 1. The number of carbonyl (C=O) groups is 1. The molecule has 4 heterocycles. The van der Waals surface area contributed by atoms with Gasteiger partial charge >= 0.3 is 5.97 Å². The van der Waals surface area contributed by atoms with Crippen LogP contribution in [0.5, 0.6) is 0 Å². The van der Waals surface area contributed by atoms with Gasteiger partial charge in [0.25, 0.3) is 5.56 Å². The first-order chi connectivity index (χ1) is 15.2. The van der Waals surface area contributed by atoms with E-state index in [1.54, 1.807) is 24.5 Å². The molecule has 2 N–H and O–H groups in total. The molecular weight excluding hydrogens is 411 g/mol. The van der Waals surface area contributed by atoms with Gasteiger partial charge in [0.1, 0.15) is 12.4 Å². The quantitative estimate of drug-likeness (QED) is 0.689. The second-order valence-electron chi connectivity index (χ2n) is 9.52. The van der Waals surface area contributed by atoms with Crippen molar-refractivity contribution in [2.75, 3.05) is 0 Å². The molecule has 1 aromatic rings. The number of fused-ring (bicyclic) bond motifs is 5. The number of esters is 1. The monoisotopic (exact) mass is 440 g/mol. The van der Waals surface area contributed by atoms with Gasteiger partial charge in [0.15, 0.2) is 5.60 Å². The molecule has 7 heteroatoms. The summed E-state index contributed by atoms with van der Waals surface area (Å²) in [7, 11) is 0. The summed E-state index contributed by atoms with van der Waals surface area (Å²) in [6, 6.07) is 1.84. The zero-order chi connectivity index (χ0) is 22.9. The minimum atomic E-state index is -1.81. The van der Waals surface area contributed by atoms with Crippen LogP contribution in [0.15, 0.2) is 40.0 Å². The highest BCUT2D eigenvalue weighted by molar-refractivity contribution is 5.84. The first-order valence-electron chi connectivity index (χ1n) is 11.4. The third-order valence-corrected chi connectivity index (χ3v) is 7.99. The summed E-state index contributed by atoms with van der Waals surface area (Å²) in [5, 5.41) is 14.6. The van der Waals surface area contributed by atoms with E-state index < -0.39 is 11.6 Å². The number of halogens is 1. The molecule has 6 nitrogen and oxygen atoms in total. The van der Waals surface area contributed by atoms with E-state index in [-0.39, 0.29) is 42.3 Å². The Labute approximate surface area is 186 Å². The first kappa shape index (κ1) is 21.2. The molecule has 0 aromatic carbocycles. The van der Waals surface area contributed by atoms with Gasteiger partial charge in [-0.05, 0) is 62.7 Å². The van der Waals surface area contributed by atoms with Crippen LogP contribution < -0.4 is 10.9 Å². The van der Waals surface area contributed by atoms with E-state index in [0.29, 0.717) is 28.9 Å². The van der Waals surface area contributed by atoms with E-state index in [9.17, 15) is 19.1 Å². The summed E-state index contributed by atoms with van der Waals surface area (Å²) in [5.41, 5.74) is 3.18. The number of cyclic esters (lactones) is 1. The number of pyridine rings is 1. The Morgan fingerprint density at radius 3 is 2.88 bits per heavy atom. The second kappa shape index (κ2) is 7.17. The SMILES string of the molecule is C=C(F)/C(C)=C1/CCCC2C3=C(NC(C)C12)c1cc2c(c(=O)n1C3)COC(=O)[C@]2(O)CC. The van der Waals surface area contributed by atoms with Crippen LogP contribution in [0.4, 0.5) is 4.39 Å². The van der Waals surface area contributed by atoms with Crippen LogP contribution >= 0.6 is 0 Å². The van der Waals surface area contributed by atoms with E-state index in [1.165, 1.54) is 0 Å². The summed E-state index contributed by atoms with van der Waals surface area (Å²) >= 11 is 0. The van der Waals surface area contributed by atoms with Gasteiger partial charge in [0.05, 0.1) is 17.0 Å². The number of ether oxygens (including phenoxy) is 1. The van der Waals surface area contributed by atoms with Crippen molar-refractivity contribution in [2.45, 2.75) is 71.2 Å². The molecule has 0 radical (unpaired) electrons. The second-order valence-corrected chi connectivity index (χ2v) is 9.52. The Bertz CT molecular complexity index is 1180. The maximum atomic E-state index is 14.0. The standard InChI is InChI=1S/C25H29FN2O4/c1-5-25(31)19-9-20-22-17(10-28(20)23(29)18(19)11-32-24(25)30)16-8-6-7-15(12(2)13(3)26)21(16)14(4)27-22/h9,14,16,21,27,31H,3,5-8,10-11H2,1-2,4H3/b15-12-/t14?,16?,21?,25-/m0/s1. The van der Waals surface area contributed by atoms with E-state index in [2.05, 4.69) is 18.8 Å². The molecular formula is C25H29FN2O4. The third-order valence-electron chi connectivity index (χ3n) is 7.99. The number of allylic oxidation sites excluding steroid dienone is 3. The molecule has 4 atom stereocenters. The van der Waals surface area contributed by atoms with Crippen molar-refractivity contribution in [1.82, 2.24) is 9.88 Å². The van der Waals surface area contributed by atoms with E-state index >= 15 is 0 Å². The van der Waals surface area contributed by atoms with Crippen LogP contribution in [0.1, 0.15) is 63.3 Å². The topological polar surface area (TPSA) is 80.6 Å². The minimum absolute atomic E-state index is 0.0519. The Hall–Kier alpha value is -2.67. The van der Waals surface area contributed by atoms with Crippen LogP contribution in [0, 0.1) is 11.8 Å². The first-order valence-corrected chi connectivity index (χ1v) is 11.4. The van der Waals surface area contributed by atoms with Gasteiger partial charge in [-0.25, -0.2) is 9.18 Å². The average Bonchev–Trinajstić information content (AvgIpc) is 3.15. The fraction of sp³-hybridized carbons (Fsp3) is 0.520. The van der Waals surface area contributed by atoms with Crippen molar-refractivity contribution >= 4 is 11.7 Å². The van der Waals surface area contributed by atoms with Gasteiger partial charge in [-0.2, -0.15) is 0 Å². The summed E-state index contributed by atoms with van der Waals surface area (Å²) in [4.78, 5) is 25.7. The van der Waals surface area contributed by atoms with Crippen molar-refractivity contribution in [1.29, 1.82) is 0 Å². The number of nitrogens with zero attached hydrogens (tertiary/aromatic N) is 1. The summed E-state index contributed by atoms with van der Waals surface area (Å²) in [6.07, 6.45) is 2.93. The summed E-state index contributed by atoms with van der Waals surface area (Å²) < 4.78 is 20.9. The van der Waals surface area contributed by atoms with Crippen LogP contribution in [0.2, 0.25) is 0 Å². The predicted octanol–water partition coefficient (Wildman–Crippen LogP) is 3.44. The summed E-state index contributed by atoms with van der Waals surface area (Å²) in [5.74, 6) is -0.737. The van der Waals surface area contributed by atoms with Crippen LogP contribution in [0.3, 0.4) is 0 Å². The minimum Gasteiger partial charge on any atom is -0.458 e. The van der Waals surface area contributed by atoms with Gasteiger partial charge in [0, 0.05) is 24.1 Å². The van der Waals surface area contributed by atoms with E-state index in [4.69, 9.17) is 4.74 Å². The smallest absolute Gasteiger partial charge is 0.343 e. The molecule has 1 fully saturated rings. The molecule has 0 saturated heterocycles. The molecule has 32 heavy (non-hydrogen) atoms. The Balaban J connectivity index is 1.65. The lowest BCUT2D eigenvalue weighted by molar-refractivity contribution is -0.172. The van der Waals surface area contributed by atoms with Gasteiger partial charge in [-0.15, -0.1) is 0 Å². The number of nitrogens with one attached hydrogen (secondary N) is 1. The fourth-order valence-electron chi connectivity index (χ4n) is 6.22. The molecule has 1 saturated carbocycles. The lowest BCUT2D eigenvalue weighted by atomic mass is 9.66. The molecule has 3 aliphatic heterocycles. The van der Waals surface area contributed by atoms with Crippen molar-refractivity contribution in [3.05, 3.63) is 62.4 Å². The lowest BCUT2D eigenvalue weighted by Crippen LogP contribution is -2.45. The number of aliphatic hydroxyl groups is 1. The van der Waals surface area contributed by atoms with Crippen LogP contribution in [-0.4, -0.2) is 21.7 Å². The maximum Gasteiger partial charge on any atom is 0.343 e. The van der Waals surface area contributed by atoms with E-state index in [1.807, 2.05) is 0 Å². The highest BCUT2D eigenvalue weighted by atomic mass is 19.1. The molecule has 4 aliphatic rings. The van der Waals surface area contributed by atoms with Crippen molar-refractivity contribution in [3.63, 3.8) is 0 Å². The zero-order valence-corrected chi connectivity index (χ0v) is 18.8. The molecule has 5 rings (SSSR count). The van der Waals surface area contributed by atoms with Gasteiger partial charge in [-0.3, -0.25) is 4.79 Å². The van der Waals surface area contributed by atoms with Crippen molar-refractivity contribution in [3.8, 4) is 0 Å². The average molecular weight is 441 g/mol. The largest absolute Gasteiger partial charge is 0.458 e. The predicted molar refractivity (Wildman–Crippen MR) is 118 cm³/mol. The Kier molecular flexibility index (Phi) is 4.75. The van der Waals surface area contributed by atoms with Gasteiger partial charge in [-0.1, -0.05) is 19.1 Å². The molecule has 0 bridgehead atoms. The highest BCUT2D eigenvalue weighted by Gasteiger charge is 2.48. The maximum absolute atomic E-state index is 14.0. The highest BCUT2D eigenvalue weighted by Crippen LogP contribution is 2.49. The number of hydrogen-bond donors (Lipinski definition) is 2. The van der Waals surface area contributed by atoms with Crippen LogP contribution in [-0.2, 0) is 28.3 Å². The lowest BCUT2D eigenvalue weighted by Gasteiger charge is -2.44. The number of carbonyl (C=O) groups excluding carboxylic acids is 1. The summed E-state index contributed by atoms with van der Waals surface area (Å²) in [6.45, 7) is 9.45. The fourth-order valence-corrected chi connectivity index (χ4v) is 6.22. The number of hydrogen-bond acceptors (Lipinski definition) is 5. The van der Waals surface area contributed by atoms with Gasteiger partial charge in [0.2, 0.25) is 0 Å². The Morgan fingerprint density at radius 2 is 2.19 bits per heavy atom.